The first kappa shape index (κ1) is 15.8. The quantitative estimate of drug-likeness (QED) is 0.616. The number of aryl methyl sites for hydroxylation is 1. The lowest BCUT2D eigenvalue weighted by Gasteiger charge is -2.11. The first-order valence-electron chi connectivity index (χ1n) is 8.34. The van der Waals surface area contributed by atoms with Crippen LogP contribution in [0, 0.1) is 6.92 Å². The van der Waals surface area contributed by atoms with Crippen LogP contribution in [0.4, 0.5) is 5.82 Å². The van der Waals surface area contributed by atoms with Gasteiger partial charge in [-0.1, -0.05) is 18.2 Å². The summed E-state index contributed by atoms with van der Waals surface area (Å²) in [5, 5.41) is 14.4. The number of benzene rings is 1. The summed E-state index contributed by atoms with van der Waals surface area (Å²) in [5.74, 6) is 1.72. The van der Waals surface area contributed by atoms with Gasteiger partial charge in [0.05, 0.1) is 28.8 Å². The fraction of sp³-hybridized carbons (Fsp3) is 0.278. The number of rotatable bonds is 5. The molecule has 0 bridgehead atoms. The SMILES string of the molecule is Cc1nc(C2CN=C(NCCNc3ccc4ccccc4n3)N2)cs1. The Labute approximate surface area is 150 Å². The normalized spacial score (nSPS) is 16.5. The van der Waals surface area contributed by atoms with Crippen molar-refractivity contribution in [1.82, 2.24) is 20.6 Å². The number of nitrogens with zero attached hydrogens (tertiary/aromatic N) is 3. The van der Waals surface area contributed by atoms with Crippen LogP contribution in [-0.4, -0.2) is 35.6 Å². The molecule has 0 fully saturated rings. The van der Waals surface area contributed by atoms with E-state index in [0.717, 1.165) is 53.0 Å². The van der Waals surface area contributed by atoms with Gasteiger partial charge in [-0.15, -0.1) is 11.3 Å². The number of hydrogen-bond donors (Lipinski definition) is 3. The third-order valence-electron chi connectivity index (χ3n) is 4.06. The lowest BCUT2D eigenvalue weighted by Crippen LogP contribution is -2.37. The Morgan fingerprint density at radius 2 is 2.00 bits per heavy atom. The molecule has 0 saturated heterocycles. The summed E-state index contributed by atoms with van der Waals surface area (Å²) in [6.07, 6.45) is 0. The van der Waals surface area contributed by atoms with Crippen molar-refractivity contribution < 1.29 is 0 Å². The van der Waals surface area contributed by atoms with E-state index >= 15 is 0 Å². The molecule has 0 spiro atoms. The second-order valence-corrected chi connectivity index (χ2v) is 6.98. The maximum Gasteiger partial charge on any atom is 0.192 e. The Hall–Kier alpha value is -2.67. The van der Waals surface area contributed by atoms with Crippen LogP contribution < -0.4 is 16.0 Å². The van der Waals surface area contributed by atoms with Crippen molar-refractivity contribution in [2.24, 2.45) is 4.99 Å². The second-order valence-electron chi connectivity index (χ2n) is 5.92. The molecule has 25 heavy (non-hydrogen) atoms. The van der Waals surface area contributed by atoms with Gasteiger partial charge < -0.3 is 16.0 Å². The molecule has 0 aliphatic carbocycles. The fourth-order valence-corrected chi connectivity index (χ4v) is 3.46. The molecule has 1 aliphatic heterocycles. The smallest absolute Gasteiger partial charge is 0.192 e. The first-order valence-corrected chi connectivity index (χ1v) is 9.22. The molecule has 0 saturated carbocycles. The number of aliphatic imine (C=N–C) groups is 1. The largest absolute Gasteiger partial charge is 0.368 e. The van der Waals surface area contributed by atoms with Crippen molar-refractivity contribution in [3.63, 3.8) is 0 Å². The summed E-state index contributed by atoms with van der Waals surface area (Å²) in [7, 11) is 0. The summed E-state index contributed by atoms with van der Waals surface area (Å²) in [6.45, 7) is 4.29. The van der Waals surface area contributed by atoms with Gasteiger partial charge in [0.1, 0.15) is 5.82 Å². The summed E-state index contributed by atoms with van der Waals surface area (Å²) in [5.41, 5.74) is 2.07. The van der Waals surface area contributed by atoms with Crippen LogP contribution in [-0.2, 0) is 0 Å². The van der Waals surface area contributed by atoms with Crippen LogP contribution in [0.5, 0.6) is 0 Å². The molecule has 3 heterocycles. The Kier molecular flexibility index (Phi) is 4.47. The molecule has 3 aromatic rings. The topological polar surface area (TPSA) is 74.2 Å². The van der Waals surface area contributed by atoms with Gasteiger partial charge in [-0.3, -0.25) is 4.99 Å². The van der Waals surface area contributed by atoms with Crippen molar-refractivity contribution in [1.29, 1.82) is 0 Å². The zero-order valence-corrected chi connectivity index (χ0v) is 14.8. The molecule has 7 heteroatoms. The highest BCUT2D eigenvalue weighted by molar-refractivity contribution is 7.09. The average Bonchev–Trinajstić information content (AvgIpc) is 3.27. The Bertz CT molecular complexity index is 903. The number of para-hydroxylation sites is 1. The van der Waals surface area contributed by atoms with Gasteiger partial charge in [0.2, 0.25) is 0 Å². The zero-order chi connectivity index (χ0) is 17.1. The van der Waals surface area contributed by atoms with E-state index in [1.165, 1.54) is 0 Å². The van der Waals surface area contributed by atoms with E-state index in [1.807, 2.05) is 31.2 Å². The van der Waals surface area contributed by atoms with Crippen molar-refractivity contribution in [2.75, 3.05) is 25.0 Å². The van der Waals surface area contributed by atoms with Crippen LogP contribution in [0.25, 0.3) is 10.9 Å². The highest BCUT2D eigenvalue weighted by atomic mass is 32.1. The second kappa shape index (κ2) is 7.06. The Balaban J connectivity index is 1.24. The third kappa shape index (κ3) is 3.71. The highest BCUT2D eigenvalue weighted by Gasteiger charge is 2.20. The average molecular weight is 352 g/mol. The number of guanidine groups is 1. The monoisotopic (exact) mass is 352 g/mol. The van der Waals surface area contributed by atoms with E-state index in [2.05, 4.69) is 48.4 Å². The van der Waals surface area contributed by atoms with E-state index in [9.17, 15) is 0 Å². The summed E-state index contributed by atoms with van der Waals surface area (Å²) in [4.78, 5) is 13.6. The maximum absolute atomic E-state index is 4.61. The molecule has 1 aromatic carbocycles. The number of fused-ring (bicyclic) bond motifs is 1. The van der Waals surface area contributed by atoms with Crippen molar-refractivity contribution >= 4 is 34.0 Å². The first-order chi connectivity index (χ1) is 12.3. The Morgan fingerprint density at radius 1 is 1.12 bits per heavy atom. The predicted octanol–water partition coefficient (Wildman–Crippen LogP) is 2.70. The lowest BCUT2D eigenvalue weighted by molar-refractivity contribution is 0.679. The molecule has 3 N–H and O–H groups in total. The minimum Gasteiger partial charge on any atom is -0.368 e. The molecule has 2 aromatic heterocycles. The van der Waals surface area contributed by atoms with Crippen molar-refractivity contribution in [2.45, 2.75) is 13.0 Å². The minimum absolute atomic E-state index is 0.183. The number of hydrogen-bond acceptors (Lipinski definition) is 7. The van der Waals surface area contributed by atoms with Gasteiger partial charge in [-0.05, 0) is 25.1 Å². The molecule has 1 unspecified atom stereocenters. The number of pyridine rings is 1. The summed E-state index contributed by atoms with van der Waals surface area (Å²) in [6, 6.07) is 12.4. The highest BCUT2D eigenvalue weighted by Crippen LogP contribution is 2.19. The van der Waals surface area contributed by atoms with Crippen LogP contribution in [0.1, 0.15) is 16.7 Å². The van der Waals surface area contributed by atoms with E-state index in [-0.39, 0.29) is 6.04 Å². The number of thiazole rings is 1. The van der Waals surface area contributed by atoms with Gasteiger partial charge >= 0.3 is 0 Å². The maximum atomic E-state index is 4.61. The third-order valence-corrected chi connectivity index (χ3v) is 4.85. The van der Waals surface area contributed by atoms with Crippen LogP contribution in [0.2, 0.25) is 0 Å². The van der Waals surface area contributed by atoms with Gasteiger partial charge in [0.15, 0.2) is 5.96 Å². The van der Waals surface area contributed by atoms with Gasteiger partial charge in [-0.2, -0.15) is 0 Å². The number of anilines is 1. The van der Waals surface area contributed by atoms with E-state index in [4.69, 9.17) is 0 Å². The van der Waals surface area contributed by atoms with Gasteiger partial charge in [0.25, 0.3) is 0 Å². The molecule has 0 amide bonds. The van der Waals surface area contributed by atoms with Gasteiger partial charge in [-0.25, -0.2) is 9.97 Å². The van der Waals surface area contributed by atoms with E-state index in [0.29, 0.717) is 0 Å². The molecule has 4 rings (SSSR count). The number of aromatic nitrogens is 2. The number of nitrogens with one attached hydrogen (secondary N) is 3. The summed E-state index contributed by atoms with van der Waals surface area (Å²) >= 11 is 1.67. The molecule has 1 atom stereocenters. The van der Waals surface area contributed by atoms with Crippen molar-refractivity contribution in [3.05, 3.63) is 52.5 Å². The molecular formula is C18H20N6S. The zero-order valence-electron chi connectivity index (χ0n) is 14.0. The van der Waals surface area contributed by atoms with E-state index in [1.54, 1.807) is 11.3 Å². The lowest BCUT2D eigenvalue weighted by atomic mass is 10.2. The molecule has 6 nitrogen and oxygen atoms in total. The molecule has 128 valence electrons. The van der Waals surface area contributed by atoms with Crippen LogP contribution in [0.3, 0.4) is 0 Å². The minimum atomic E-state index is 0.183. The standard InChI is InChI=1S/C18H20N6S/c1-12-22-16(11-25-12)15-10-21-18(24-15)20-9-8-19-17-7-6-13-4-2-3-5-14(13)23-17/h2-7,11,15H,8-10H2,1H3,(H,19,23)(H2,20,21,24). The molecule has 1 aliphatic rings. The Morgan fingerprint density at radius 3 is 2.88 bits per heavy atom. The van der Waals surface area contributed by atoms with Gasteiger partial charge in [0, 0.05) is 23.9 Å². The summed E-state index contributed by atoms with van der Waals surface area (Å²) < 4.78 is 0. The van der Waals surface area contributed by atoms with Crippen LogP contribution in [0.15, 0.2) is 46.8 Å². The van der Waals surface area contributed by atoms with Crippen molar-refractivity contribution in [3.8, 4) is 0 Å². The molecular weight excluding hydrogens is 332 g/mol. The van der Waals surface area contributed by atoms with Crippen LogP contribution >= 0.6 is 11.3 Å². The predicted molar refractivity (Wildman–Crippen MR) is 103 cm³/mol. The molecule has 0 radical (unpaired) electrons. The van der Waals surface area contributed by atoms with E-state index < -0.39 is 0 Å². The fourth-order valence-electron chi connectivity index (χ4n) is 2.79.